The number of nitrogens with zero attached hydrogens (tertiary/aromatic N) is 1. The molecule has 0 fully saturated rings. The number of carbonyl (C=O) groups is 1. The summed E-state index contributed by atoms with van der Waals surface area (Å²) in [6.45, 7) is 7.15. The quantitative estimate of drug-likeness (QED) is 0.863. The van der Waals surface area contributed by atoms with Crippen LogP contribution in [0.25, 0.3) is 0 Å². The molecule has 2 aromatic carbocycles. The summed E-state index contributed by atoms with van der Waals surface area (Å²) in [6, 6.07) is 12.8. The van der Waals surface area contributed by atoms with Crippen molar-refractivity contribution < 1.29 is 14.6 Å². The Morgan fingerprint density at radius 3 is 2.72 bits per heavy atom. The van der Waals surface area contributed by atoms with Crippen LogP contribution in [0.2, 0.25) is 0 Å². The zero-order chi connectivity index (χ0) is 18.0. The number of para-hydroxylation sites is 1. The average molecular weight is 340 g/mol. The number of hydrogen-bond acceptors (Lipinski definition) is 4. The van der Waals surface area contributed by atoms with Crippen molar-refractivity contribution in [3.8, 4) is 11.5 Å². The normalized spacial score (nSPS) is 16.6. The topological polar surface area (TPSA) is 61.8 Å². The van der Waals surface area contributed by atoms with E-state index in [1.54, 1.807) is 12.1 Å². The third kappa shape index (κ3) is 3.40. The maximum Gasteiger partial charge on any atom is 0.257 e. The summed E-state index contributed by atoms with van der Waals surface area (Å²) in [7, 11) is 0. The first-order chi connectivity index (χ1) is 12.0. The number of aromatic hydroxyl groups is 1. The van der Waals surface area contributed by atoms with Gasteiger partial charge in [0.05, 0.1) is 12.2 Å². The van der Waals surface area contributed by atoms with Crippen molar-refractivity contribution >= 4 is 11.6 Å². The molecule has 0 spiro atoms. The summed E-state index contributed by atoms with van der Waals surface area (Å²) in [5.41, 5.74) is 2.39. The van der Waals surface area contributed by atoms with Crippen LogP contribution in [-0.2, 0) is 0 Å². The van der Waals surface area contributed by atoms with E-state index >= 15 is 0 Å². The van der Waals surface area contributed by atoms with E-state index in [4.69, 9.17) is 4.74 Å². The summed E-state index contributed by atoms with van der Waals surface area (Å²) in [5, 5.41) is 13.4. The highest BCUT2D eigenvalue weighted by Crippen LogP contribution is 2.36. The third-order valence-electron chi connectivity index (χ3n) is 4.18. The van der Waals surface area contributed by atoms with Gasteiger partial charge in [-0.1, -0.05) is 32.0 Å². The van der Waals surface area contributed by atoms with Crippen LogP contribution in [-0.4, -0.2) is 29.1 Å². The second-order valence-corrected chi connectivity index (χ2v) is 6.60. The fraction of sp³-hybridized carbons (Fsp3) is 0.350. The smallest absolute Gasteiger partial charge is 0.257 e. The number of amides is 1. The Kier molecular flexibility index (Phi) is 4.83. The van der Waals surface area contributed by atoms with Gasteiger partial charge in [-0.15, -0.1) is 0 Å². The molecule has 0 saturated heterocycles. The second-order valence-electron chi connectivity index (χ2n) is 6.60. The lowest BCUT2D eigenvalue weighted by Gasteiger charge is -2.39. The Bertz CT molecular complexity index is 773. The first kappa shape index (κ1) is 17.1. The monoisotopic (exact) mass is 340 g/mol. The van der Waals surface area contributed by atoms with Crippen molar-refractivity contribution in [2.45, 2.75) is 26.9 Å². The largest absolute Gasteiger partial charge is 0.504 e. The molecule has 0 radical (unpaired) electrons. The first-order valence-electron chi connectivity index (χ1n) is 8.63. The minimum atomic E-state index is -0.301. The van der Waals surface area contributed by atoms with E-state index in [9.17, 15) is 9.90 Å². The molecular weight excluding hydrogens is 316 g/mol. The van der Waals surface area contributed by atoms with E-state index in [0.29, 0.717) is 30.4 Å². The number of nitrogens with one attached hydrogen (secondary N) is 1. The highest BCUT2D eigenvalue weighted by atomic mass is 16.5. The molecule has 0 bridgehead atoms. The number of rotatable bonds is 5. The van der Waals surface area contributed by atoms with Gasteiger partial charge >= 0.3 is 0 Å². The molecule has 2 N–H and O–H groups in total. The van der Waals surface area contributed by atoms with E-state index in [-0.39, 0.29) is 17.8 Å². The summed E-state index contributed by atoms with van der Waals surface area (Å²) >= 11 is 0. The molecule has 5 heteroatoms. The minimum Gasteiger partial charge on any atom is -0.504 e. The Balaban J connectivity index is 2.03. The van der Waals surface area contributed by atoms with Crippen molar-refractivity contribution in [1.29, 1.82) is 0 Å². The number of hydrogen-bond donors (Lipinski definition) is 2. The molecule has 1 aliphatic heterocycles. The third-order valence-corrected chi connectivity index (χ3v) is 4.18. The van der Waals surface area contributed by atoms with E-state index in [1.165, 1.54) is 0 Å². The summed E-state index contributed by atoms with van der Waals surface area (Å²) < 4.78 is 5.50. The van der Waals surface area contributed by atoms with Crippen LogP contribution < -0.4 is 10.1 Å². The van der Waals surface area contributed by atoms with Gasteiger partial charge in [-0.25, -0.2) is 0 Å². The maximum atomic E-state index is 13.0. The Morgan fingerprint density at radius 1 is 1.24 bits per heavy atom. The van der Waals surface area contributed by atoms with E-state index in [0.717, 1.165) is 11.3 Å². The Morgan fingerprint density at radius 2 is 2.00 bits per heavy atom. The highest BCUT2D eigenvalue weighted by molar-refractivity contribution is 6.01. The zero-order valence-corrected chi connectivity index (χ0v) is 14.8. The van der Waals surface area contributed by atoms with Crippen LogP contribution in [0.4, 0.5) is 5.69 Å². The first-order valence-corrected chi connectivity index (χ1v) is 8.63. The van der Waals surface area contributed by atoms with E-state index in [1.807, 2.05) is 42.2 Å². The Hall–Kier alpha value is -2.69. The SMILES string of the molecule is CCOc1cc(C2Nc3ccccc3C(=O)N2CC(C)C)ccc1O. The van der Waals surface area contributed by atoms with Crippen LogP contribution >= 0.6 is 0 Å². The molecule has 132 valence electrons. The highest BCUT2D eigenvalue weighted by Gasteiger charge is 2.33. The fourth-order valence-electron chi connectivity index (χ4n) is 3.11. The number of phenols is 1. The Labute approximate surface area is 148 Å². The van der Waals surface area contributed by atoms with Crippen molar-refractivity contribution in [2.75, 3.05) is 18.5 Å². The molecule has 0 aliphatic carbocycles. The van der Waals surface area contributed by atoms with Crippen molar-refractivity contribution in [2.24, 2.45) is 5.92 Å². The number of benzene rings is 2. The molecule has 0 aromatic heterocycles. The zero-order valence-electron chi connectivity index (χ0n) is 14.8. The molecule has 1 atom stereocenters. The van der Waals surface area contributed by atoms with Crippen LogP contribution in [0.3, 0.4) is 0 Å². The van der Waals surface area contributed by atoms with Crippen LogP contribution in [0.15, 0.2) is 42.5 Å². The maximum absolute atomic E-state index is 13.0. The average Bonchev–Trinajstić information content (AvgIpc) is 2.59. The van der Waals surface area contributed by atoms with Crippen LogP contribution in [0.5, 0.6) is 11.5 Å². The predicted molar refractivity (Wildman–Crippen MR) is 98.0 cm³/mol. The van der Waals surface area contributed by atoms with E-state index < -0.39 is 0 Å². The van der Waals surface area contributed by atoms with Crippen molar-refractivity contribution in [3.63, 3.8) is 0 Å². The minimum absolute atomic E-state index is 0.0130. The van der Waals surface area contributed by atoms with Gasteiger partial charge in [0.2, 0.25) is 0 Å². The molecule has 25 heavy (non-hydrogen) atoms. The number of ether oxygens (including phenoxy) is 1. The van der Waals surface area contributed by atoms with Crippen LogP contribution in [0.1, 0.15) is 42.9 Å². The molecule has 1 unspecified atom stereocenters. The molecule has 5 nitrogen and oxygen atoms in total. The number of anilines is 1. The molecule has 3 rings (SSSR count). The lowest BCUT2D eigenvalue weighted by atomic mass is 10.0. The van der Waals surface area contributed by atoms with Gasteiger partial charge in [-0.3, -0.25) is 4.79 Å². The van der Waals surface area contributed by atoms with Gasteiger partial charge < -0.3 is 20.1 Å². The van der Waals surface area contributed by atoms with Gasteiger partial charge in [0.1, 0.15) is 6.17 Å². The summed E-state index contributed by atoms with van der Waals surface area (Å²) in [4.78, 5) is 14.9. The lowest BCUT2D eigenvalue weighted by Crippen LogP contribution is -2.44. The summed E-state index contributed by atoms with van der Waals surface area (Å²) in [6.07, 6.45) is -0.301. The predicted octanol–water partition coefficient (Wildman–Crippen LogP) is 4.01. The molecule has 2 aromatic rings. The van der Waals surface area contributed by atoms with Crippen LogP contribution in [0, 0.1) is 5.92 Å². The summed E-state index contributed by atoms with van der Waals surface area (Å²) in [5.74, 6) is 0.877. The van der Waals surface area contributed by atoms with Gasteiger partial charge in [0.25, 0.3) is 5.91 Å². The second kappa shape index (κ2) is 7.05. The van der Waals surface area contributed by atoms with Crippen molar-refractivity contribution in [1.82, 2.24) is 4.90 Å². The van der Waals surface area contributed by atoms with E-state index in [2.05, 4.69) is 19.2 Å². The molecule has 1 aliphatic rings. The lowest BCUT2D eigenvalue weighted by molar-refractivity contribution is 0.0657. The van der Waals surface area contributed by atoms with Gasteiger partial charge in [-0.2, -0.15) is 0 Å². The fourth-order valence-corrected chi connectivity index (χ4v) is 3.11. The molecular formula is C20H24N2O3. The molecule has 1 heterocycles. The van der Waals surface area contributed by atoms with Gasteiger partial charge in [0.15, 0.2) is 11.5 Å². The number of fused-ring (bicyclic) bond motifs is 1. The standard InChI is InChI=1S/C20H24N2O3/c1-4-25-18-11-14(9-10-17(18)23)19-21-16-8-6-5-7-15(16)20(24)22(19)12-13(2)3/h5-11,13,19,21,23H,4,12H2,1-3H3. The molecule has 1 amide bonds. The van der Waals surface area contributed by atoms with Gasteiger partial charge in [-0.05, 0) is 42.7 Å². The molecule has 0 saturated carbocycles. The number of phenolic OH excluding ortho intramolecular Hbond substituents is 1. The number of carbonyl (C=O) groups excluding carboxylic acids is 1. The van der Waals surface area contributed by atoms with Gasteiger partial charge in [0, 0.05) is 12.2 Å². The van der Waals surface area contributed by atoms with Crippen molar-refractivity contribution in [3.05, 3.63) is 53.6 Å².